The Labute approximate surface area is 109 Å². The van der Waals surface area contributed by atoms with Gasteiger partial charge in [-0.15, -0.1) is 18.8 Å². The van der Waals surface area contributed by atoms with Crippen molar-refractivity contribution in [1.29, 1.82) is 0 Å². The molecule has 0 fully saturated rings. The third kappa shape index (κ3) is 45.6. The molecule has 0 saturated carbocycles. The van der Waals surface area contributed by atoms with Crippen molar-refractivity contribution in [3.05, 3.63) is 68.9 Å². The summed E-state index contributed by atoms with van der Waals surface area (Å²) in [4.78, 5) is 0. The van der Waals surface area contributed by atoms with Crippen molar-refractivity contribution in [3.63, 3.8) is 0 Å². The molecule has 0 aromatic carbocycles. The molecule has 0 amide bonds. The summed E-state index contributed by atoms with van der Waals surface area (Å²) in [5.41, 5.74) is 0. The Hall–Kier alpha value is 0.484. The van der Waals surface area contributed by atoms with Gasteiger partial charge >= 0.3 is 0 Å². The minimum absolute atomic E-state index is 0. The van der Waals surface area contributed by atoms with Crippen LogP contribution in [-0.2, 0) is 21.7 Å². The van der Waals surface area contributed by atoms with Gasteiger partial charge < -0.3 is 44.6 Å². The third-order valence-electron chi connectivity index (χ3n) is 0.586. The van der Waals surface area contributed by atoms with E-state index in [0.29, 0.717) is 0 Å². The molecule has 0 atom stereocenters. The molecule has 1 rings (SSSR count). The Bertz CT molecular complexity index is 68.2. The topological polar surface area (TPSA) is 0 Å². The van der Waals surface area contributed by atoms with E-state index in [1.165, 1.54) is 0 Å². The molecule has 0 N–H and O–H groups in total. The molecule has 0 aliphatic heterocycles. The van der Waals surface area contributed by atoms with E-state index in [1.54, 1.807) is 0 Å². The van der Waals surface area contributed by atoms with Gasteiger partial charge in [0.05, 0.1) is 0 Å². The van der Waals surface area contributed by atoms with Gasteiger partial charge in [0.1, 0.15) is 0 Å². The predicted octanol–water partition coefficient (Wildman–Crippen LogP) is 4.43. The van der Waals surface area contributed by atoms with E-state index in [0.717, 1.165) is 6.42 Å². The van der Waals surface area contributed by atoms with Crippen molar-refractivity contribution >= 4 is 12.4 Å². The number of allylic oxidation sites excluding steroid dienone is 4. The summed E-state index contributed by atoms with van der Waals surface area (Å²) in [5.74, 6) is 0. The van der Waals surface area contributed by atoms with Crippen LogP contribution in [0.5, 0.6) is 0 Å². The molecule has 1 aliphatic carbocycles. The van der Waals surface area contributed by atoms with Crippen molar-refractivity contribution in [2.45, 2.75) is 6.42 Å². The molecule has 2 heteroatoms. The zero-order chi connectivity index (χ0) is 3.54. The smallest absolute Gasteiger partial charge is 0 e. The maximum absolute atomic E-state index is 2.99. The van der Waals surface area contributed by atoms with Crippen LogP contribution < -0.4 is 0 Å². The zero-order valence-electron chi connectivity index (χ0n) is 9.85. The average molecular weight is 240 g/mol. The van der Waals surface area contributed by atoms with Gasteiger partial charge in [-0.25, -0.2) is 12.2 Å². The Kier molecular flexibility index (Phi) is 294. The van der Waals surface area contributed by atoms with E-state index in [-0.39, 0.29) is 78.7 Å². The quantitative estimate of drug-likeness (QED) is 0.433. The fourth-order valence-electron chi connectivity index (χ4n) is 0.340. The first-order valence-corrected chi connectivity index (χ1v) is 1.72. The van der Waals surface area contributed by atoms with E-state index in [9.17, 15) is 0 Å². The molecule has 0 nitrogen and oxygen atoms in total. The number of rotatable bonds is 0. The normalized spacial score (nSPS) is 6.77. The van der Waals surface area contributed by atoms with Gasteiger partial charge in [0.25, 0.3) is 0 Å². The fraction of sp³-hybridized carbons (Fsp3) is 0.0909. The van der Waals surface area contributed by atoms with Crippen LogP contribution in [0.1, 0.15) is 6.42 Å². The number of halogens is 1. The summed E-state index contributed by atoms with van der Waals surface area (Å²) >= 11 is 0. The first kappa shape index (κ1) is 69.9. The van der Waals surface area contributed by atoms with Gasteiger partial charge in [-0.2, -0.15) is 6.08 Å². The van der Waals surface area contributed by atoms with Crippen LogP contribution in [-0.4, -0.2) is 0 Å². The van der Waals surface area contributed by atoms with Crippen LogP contribution >= 0.6 is 12.4 Å². The molecule has 13 heavy (non-hydrogen) atoms. The summed E-state index contributed by atoms with van der Waals surface area (Å²) in [6.07, 6.45) is 10.0. The average Bonchev–Trinajstić information content (AvgIpc) is 1.76. The molecule has 0 aromatic heterocycles. The Morgan fingerprint density at radius 3 is 1.31 bits per heavy atom. The van der Waals surface area contributed by atoms with E-state index >= 15 is 0 Å². The Morgan fingerprint density at radius 1 is 0.846 bits per heavy atom. The van der Waals surface area contributed by atoms with E-state index in [2.05, 4.69) is 12.2 Å². The number of hydrogen-bond acceptors (Lipinski definition) is 0. The number of hydrogen-bond donors (Lipinski definition) is 0. The molecular formula is C11H24ClTi-7. The SMILES string of the molecule is Cl.[C-]1=CC=CC1.[CH3-].[CH3-].[CH3-].[CH3-].[CH3-].[CH3-].[Ti]. The first-order chi connectivity index (χ1) is 2.50. The summed E-state index contributed by atoms with van der Waals surface area (Å²) in [5, 5.41) is 0. The maximum Gasteiger partial charge on any atom is 0 e. The van der Waals surface area contributed by atoms with Crippen LogP contribution in [0, 0.1) is 50.6 Å². The standard InChI is InChI=1S/C5H5.6CH3.ClH.Ti/c1-2-4-5-3-1;;;;;;;;/h1-3H,4H2;6*1H3;1H;/q7*-1;;. The molecule has 0 heterocycles. The Balaban J connectivity index is -0.00000000521. The van der Waals surface area contributed by atoms with E-state index in [1.807, 2.05) is 12.2 Å². The summed E-state index contributed by atoms with van der Waals surface area (Å²) in [6.45, 7) is 0. The predicted molar refractivity (Wildman–Crippen MR) is 67.3 cm³/mol. The van der Waals surface area contributed by atoms with Crippen molar-refractivity contribution in [2.24, 2.45) is 0 Å². The van der Waals surface area contributed by atoms with Crippen LogP contribution in [0.15, 0.2) is 18.2 Å². The fourth-order valence-corrected chi connectivity index (χ4v) is 0.340. The van der Waals surface area contributed by atoms with Gasteiger partial charge in [-0.3, -0.25) is 6.08 Å². The summed E-state index contributed by atoms with van der Waals surface area (Å²) in [6, 6.07) is 0. The van der Waals surface area contributed by atoms with Crippen molar-refractivity contribution in [2.75, 3.05) is 0 Å². The molecule has 0 saturated heterocycles. The first-order valence-electron chi connectivity index (χ1n) is 1.72. The van der Waals surface area contributed by atoms with Crippen LogP contribution in [0.3, 0.4) is 0 Å². The molecular weight excluding hydrogens is 215 g/mol. The molecule has 0 bridgehead atoms. The second-order valence-corrected chi connectivity index (χ2v) is 1.00. The minimum atomic E-state index is 0. The van der Waals surface area contributed by atoms with Gasteiger partial charge in [0.15, 0.2) is 0 Å². The van der Waals surface area contributed by atoms with Crippen LogP contribution in [0.25, 0.3) is 0 Å². The van der Waals surface area contributed by atoms with Crippen molar-refractivity contribution in [1.82, 2.24) is 0 Å². The van der Waals surface area contributed by atoms with Crippen LogP contribution in [0.4, 0.5) is 0 Å². The molecule has 0 aromatic rings. The zero-order valence-corrected chi connectivity index (χ0v) is 12.2. The van der Waals surface area contributed by atoms with Crippen molar-refractivity contribution < 1.29 is 21.7 Å². The molecule has 0 radical (unpaired) electrons. The van der Waals surface area contributed by atoms with Gasteiger partial charge in [0, 0.05) is 21.7 Å². The molecule has 0 spiro atoms. The maximum atomic E-state index is 2.99. The van der Waals surface area contributed by atoms with Crippen LogP contribution in [0.2, 0.25) is 0 Å². The third-order valence-corrected chi connectivity index (χ3v) is 0.586. The van der Waals surface area contributed by atoms with E-state index in [4.69, 9.17) is 0 Å². The van der Waals surface area contributed by atoms with Crippen molar-refractivity contribution in [3.8, 4) is 0 Å². The summed E-state index contributed by atoms with van der Waals surface area (Å²) < 4.78 is 0. The summed E-state index contributed by atoms with van der Waals surface area (Å²) in [7, 11) is 0. The molecule has 0 unspecified atom stereocenters. The van der Waals surface area contributed by atoms with Gasteiger partial charge in [-0.05, 0) is 0 Å². The second kappa shape index (κ2) is 54.7. The monoisotopic (exact) mass is 239 g/mol. The molecule has 86 valence electrons. The Morgan fingerprint density at radius 2 is 1.23 bits per heavy atom. The van der Waals surface area contributed by atoms with Gasteiger partial charge in [0.2, 0.25) is 0 Å². The second-order valence-electron chi connectivity index (χ2n) is 1.00. The largest absolute Gasteiger partial charge is 0.358 e. The molecule has 1 aliphatic rings. The van der Waals surface area contributed by atoms with Gasteiger partial charge in [-0.1, -0.05) is 0 Å². The van der Waals surface area contributed by atoms with E-state index < -0.39 is 0 Å². The minimum Gasteiger partial charge on any atom is -0.358 e.